The third-order valence-electron chi connectivity index (χ3n) is 14.3. The number of hydrogen-bond acceptors (Lipinski definition) is 3. The van der Waals surface area contributed by atoms with E-state index >= 15 is 0 Å². The summed E-state index contributed by atoms with van der Waals surface area (Å²) in [4.78, 5) is 6.82. The van der Waals surface area contributed by atoms with Crippen LogP contribution in [-0.4, -0.2) is 15.0 Å². The molecule has 361 valence electrons. The fraction of sp³-hybridized carbons (Fsp3) is 0. The topological polar surface area (TPSA) is 42.8 Å². The van der Waals surface area contributed by atoms with E-state index in [2.05, 4.69) is 292 Å². The Labute approximate surface area is 450 Å². The molecular formula is C68H46AuN6-2. The van der Waals surface area contributed by atoms with Crippen molar-refractivity contribution in [3.8, 4) is 33.6 Å². The zero-order valence-corrected chi connectivity index (χ0v) is 42.7. The standard InChI is InChI=1S/C56H38N5.C12H8N.Au/c1-4-20-39(21-5-1)42-30-18-31-43(40-22-6-2-7-23-40)54(42)58-38-59(57-56(58)41-24-8-3-9-25-41)55-52(60-48-32-14-10-26-44(48)45-27-11-15-33-49(45)60)36-19-37-53(55)61-50-34-16-12-28-46(50)47-29-13-17-35-51(47)61;1-3-7-11-9(5-1)10-6-2-4-8-12(10)13-11;/h1-38H;1-8H;/q2*-1;. The number of anilines is 2. The Bertz CT molecular complexity index is 4070. The van der Waals surface area contributed by atoms with Crippen LogP contribution in [0, 0.1) is 6.67 Å². The third-order valence-corrected chi connectivity index (χ3v) is 14.3. The van der Waals surface area contributed by atoms with E-state index in [-0.39, 0.29) is 22.4 Å². The minimum Gasteiger partial charge on any atom is -0.657 e. The molecule has 14 aromatic rings. The van der Waals surface area contributed by atoms with Gasteiger partial charge in [0, 0.05) is 66.3 Å². The van der Waals surface area contributed by atoms with Gasteiger partial charge in [0.05, 0.1) is 39.1 Å². The maximum absolute atomic E-state index is 5.71. The van der Waals surface area contributed by atoms with E-state index in [9.17, 15) is 0 Å². The Morgan fingerprint density at radius 2 is 0.653 bits per heavy atom. The number of hydrogen-bond donors (Lipinski definition) is 0. The van der Waals surface area contributed by atoms with Crippen LogP contribution in [0.4, 0.5) is 11.4 Å². The molecule has 0 unspecified atom stereocenters. The maximum atomic E-state index is 5.71. The van der Waals surface area contributed by atoms with Gasteiger partial charge in [0.15, 0.2) is 0 Å². The Hall–Kier alpha value is -9.17. The molecule has 0 N–H and O–H groups in total. The van der Waals surface area contributed by atoms with Gasteiger partial charge < -0.3 is 24.0 Å². The summed E-state index contributed by atoms with van der Waals surface area (Å²) in [7, 11) is 0. The molecule has 7 heteroatoms. The maximum Gasteiger partial charge on any atom is 0.129 e. The molecule has 0 fully saturated rings. The summed E-state index contributed by atoms with van der Waals surface area (Å²) in [6.07, 6.45) is 0. The van der Waals surface area contributed by atoms with Gasteiger partial charge in [-0.05, 0) is 58.3 Å². The van der Waals surface area contributed by atoms with Crippen LogP contribution in [0.3, 0.4) is 0 Å². The van der Waals surface area contributed by atoms with Gasteiger partial charge in [-0.2, -0.15) is 5.10 Å². The second-order valence-corrected chi connectivity index (χ2v) is 18.6. The zero-order chi connectivity index (χ0) is 49.0. The average molecular weight is 1140 g/mol. The van der Waals surface area contributed by atoms with Crippen LogP contribution < -0.4 is 14.9 Å². The van der Waals surface area contributed by atoms with E-state index in [0.29, 0.717) is 0 Å². The molecule has 75 heavy (non-hydrogen) atoms. The van der Waals surface area contributed by atoms with Crippen LogP contribution in [0.5, 0.6) is 0 Å². The first-order valence-corrected chi connectivity index (χ1v) is 25.1. The van der Waals surface area contributed by atoms with Gasteiger partial charge in [0.1, 0.15) is 5.84 Å². The molecule has 1 aliphatic rings. The van der Waals surface area contributed by atoms with Gasteiger partial charge in [0.2, 0.25) is 0 Å². The summed E-state index contributed by atoms with van der Waals surface area (Å²) >= 11 is 0. The Morgan fingerprint density at radius 3 is 1.08 bits per heavy atom. The molecule has 0 spiro atoms. The normalized spacial score (nSPS) is 12.4. The minimum absolute atomic E-state index is 0. The molecule has 0 aliphatic carbocycles. The molecule has 15 rings (SSSR count). The summed E-state index contributed by atoms with van der Waals surface area (Å²) < 4.78 is 4.83. The van der Waals surface area contributed by atoms with Crippen LogP contribution in [0.1, 0.15) is 5.56 Å². The molecule has 0 saturated carbocycles. The van der Waals surface area contributed by atoms with Crippen LogP contribution >= 0.6 is 0 Å². The van der Waals surface area contributed by atoms with E-state index in [4.69, 9.17) is 5.10 Å². The number of amidine groups is 1. The molecule has 6 nitrogen and oxygen atoms in total. The smallest absolute Gasteiger partial charge is 0.129 e. The monoisotopic (exact) mass is 1140 g/mol. The number of hydrazone groups is 1. The van der Waals surface area contributed by atoms with Gasteiger partial charge in [-0.25, -0.2) is 0 Å². The molecule has 0 atom stereocenters. The van der Waals surface area contributed by atoms with Crippen molar-refractivity contribution in [1.82, 2.24) is 14.1 Å². The van der Waals surface area contributed by atoms with Gasteiger partial charge in [-0.15, -0.1) is 17.7 Å². The summed E-state index contributed by atoms with van der Waals surface area (Å²) in [5.41, 5.74) is 16.2. The molecular weight excluding hydrogens is 1100 g/mol. The second-order valence-electron chi connectivity index (χ2n) is 18.6. The molecule has 0 bridgehead atoms. The van der Waals surface area contributed by atoms with Crippen molar-refractivity contribution in [2.75, 3.05) is 9.91 Å². The van der Waals surface area contributed by atoms with Gasteiger partial charge in [0.25, 0.3) is 0 Å². The van der Waals surface area contributed by atoms with Crippen molar-refractivity contribution in [3.63, 3.8) is 0 Å². The number of nitrogens with zero attached hydrogens (tertiary/aromatic N) is 6. The second kappa shape index (κ2) is 19.4. The predicted octanol–water partition coefficient (Wildman–Crippen LogP) is 17.0. The Kier molecular flexibility index (Phi) is 11.8. The molecule has 1 aliphatic heterocycles. The van der Waals surface area contributed by atoms with E-state index in [1.165, 1.54) is 32.3 Å². The van der Waals surface area contributed by atoms with E-state index in [1.807, 2.05) is 12.1 Å². The largest absolute Gasteiger partial charge is 0.657 e. The van der Waals surface area contributed by atoms with Crippen molar-refractivity contribution >= 4 is 82.6 Å². The first kappa shape index (κ1) is 45.7. The van der Waals surface area contributed by atoms with Gasteiger partial charge in [-0.1, -0.05) is 237 Å². The number of rotatable bonds is 7. The molecule has 4 heterocycles. The third kappa shape index (κ3) is 7.83. The van der Waals surface area contributed by atoms with Crippen LogP contribution in [0.25, 0.3) is 99.0 Å². The fourth-order valence-corrected chi connectivity index (χ4v) is 11.1. The van der Waals surface area contributed by atoms with Crippen molar-refractivity contribution in [1.29, 1.82) is 0 Å². The number of aromatic nitrogens is 3. The molecule has 3 aromatic heterocycles. The predicted molar refractivity (Wildman–Crippen MR) is 309 cm³/mol. The summed E-state index contributed by atoms with van der Waals surface area (Å²) in [6.45, 7) is 2.20. The zero-order valence-electron chi connectivity index (χ0n) is 40.5. The van der Waals surface area contributed by atoms with Crippen LogP contribution in [0.15, 0.2) is 278 Å². The minimum atomic E-state index is 0. The van der Waals surface area contributed by atoms with E-state index in [0.717, 1.165) is 89.5 Å². The first-order chi connectivity index (χ1) is 36.8. The number of para-hydroxylation sites is 8. The van der Waals surface area contributed by atoms with Gasteiger partial charge >= 0.3 is 0 Å². The fourth-order valence-electron chi connectivity index (χ4n) is 11.1. The number of benzene rings is 11. The van der Waals surface area contributed by atoms with Crippen molar-refractivity contribution in [2.45, 2.75) is 0 Å². The van der Waals surface area contributed by atoms with E-state index < -0.39 is 0 Å². The van der Waals surface area contributed by atoms with Crippen LogP contribution in [-0.2, 0) is 22.4 Å². The first-order valence-electron chi connectivity index (χ1n) is 25.1. The van der Waals surface area contributed by atoms with Crippen molar-refractivity contribution in [2.24, 2.45) is 5.10 Å². The molecule has 0 amide bonds. The van der Waals surface area contributed by atoms with Crippen molar-refractivity contribution in [3.05, 3.63) is 285 Å². The van der Waals surface area contributed by atoms with Crippen molar-refractivity contribution < 1.29 is 22.4 Å². The SMILES string of the molecule is [Au].c1ccc(C2=NN(c3c(-n4c5ccccc5c5ccccc54)cccc3-n3c4ccccc4c4ccccc43)[CH-]N2c2c(-c3ccccc3)cccc2-c2ccccc2)cc1.c1ccc2c(c1)[n-]c1ccccc12. The van der Waals surface area contributed by atoms with Crippen LogP contribution in [0.2, 0.25) is 0 Å². The molecule has 1 radical (unpaired) electrons. The molecule has 11 aromatic carbocycles. The Morgan fingerprint density at radius 1 is 0.307 bits per heavy atom. The summed E-state index contributed by atoms with van der Waals surface area (Å²) in [5.74, 6) is 0.825. The molecule has 0 saturated heterocycles. The van der Waals surface area contributed by atoms with E-state index in [1.54, 1.807) is 0 Å². The average Bonchev–Trinajstić information content (AvgIpc) is 4.27. The van der Waals surface area contributed by atoms with Gasteiger partial charge in [-0.3, -0.25) is 0 Å². The quantitative estimate of drug-likeness (QED) is 0.118. The Balaban J connectivity index is 0.000000335. The summed E-state index contributed by atoms with van der Waals surface area (Å²) in [6, 6.07) is 96.6. The number of fused-ring (bicyclic) bond motifs is 9. The summed E-state index contributed by atoms with van der Waals surface area (Å²) in [5, 5.41) is 15.1.